The van der Waals surface area contributed by atoms with Crippen LogP contribution in [0.1, 0.15) is 10.5 Å². The van der Waals surface area contributed by atoms with Crippen LogP contribution in [0.5, 0.6) is 0 Å². The van der Waals surface area contributed by atoms with Crippen LogP contribution in [0.3, 0.4) is 0 Å². The van der Waals surface area contributed by atoms with Gasteiger partial charge in [-0.25, -0.2) is 0 Å². The van der Waals surface area contributed by atoms with E-state index in [2.05, 4.69) is 15.0 Å². The maximum atomic E-state index is 11.2. The second-order valence-corrected chi connectivity index (χ2v) is 4.20. The van der Waals surface area contributed by atoms with E-state index in [0.29, 0.717) is 5.69 Å². The lowest BCUT2D eigenvalue weighted by Gasteiger charge is -2.09. The van der Waals surface area contributed by atoms with Crippen molar-refractivity contribution in [3.8, 4) is 22.4 Å². The molecule has 0 radical (unpaired) electrons. The van der Waals surface area contributed by atoms with Crippen molar-refractivity contribution in [1.82, 2.24) is 15.0 Å². The summed E-state index contributed by atoms with van der Waals surface area (Å²) in [5, 5.41) is 0. The van der Waals surface area contributed by atoms with E-state index in [1.54, 1.807) is 24.8 Å². The minimum Gasteiger partial charge on any atom is -0.296 e. The van der Waals surface area contributed by atoms with Crippen LogP contribution in [0, 0.1) is 0 Å². The molecule has 0 saturated heterocycles. The number of pyridine rings is 3. The predicted octanol–water partition coefficient (Wildman–Crippen LogP) is 3.02. The summed E-state index contributed by atoms with van der Waals surface area (Å²) in [6, 6.07) is 11.2. The molecular weight excluding hydrogens is 250 g/mol. The Balaban J connectivity index is 2.23. The summed E-state index contributed by atoms with van der Waals surface area (Å²) in [7, 11) is 0. The normalized spacial score (nSPS) is 10.2. The first kappa shape index (κ1) is 12.2. The summed E-state index contributed by atoms with van der Waals surface area (Å²) in [6.45, 7) is 0. The predicted molar refractivity (Wildman–Crippen MR) is 76.1 cm³/mol. The summed E-state index contributed by atoms with van der Waals surface area (Å²) < 4.78 is 0. The van der Waals surface area contributed by atoms with Crippen LogP contribution in [0.4, 0.5) is 0 Å². The average Bonchev–Trinajstić information content (AvgIpc) is 2.55. The maximum Gasteiger partial charge on any atom is 0.169 e. The number of carbonyl (C=O) groups is 1. The van der Waals surface area contributed by atoms with E-state index in [0.717, 1.165) is 28.7 Å². The summed E-state index contributed by atoms with van der Waals surface area (Å²) in [6.07, 6.45) is 7.56. The lowest BCUT2D eigenvalue weighted by atomic mass is 9.99. The van der Waals surface area contributed by atoms with Crippen LogP contribution in [0.15, 0.2) is 61.2 Å². The Morgan fingerprint density at radius 3 is 2.35 bits per heavy atom. The Hall–Kier alpha value is -2.88. The zero-order valence-electron chi connectivity index (χ0n) is 10.6. The Bertz CT molecular complexity index is 741. The fourth-order valence-electron chi connectivity index (χ4n) is 2.09. The first-order chi connectivity index (χ1) is 9.90. The molecule has 4 heteroatoms. The summed E-state index contributed by atoms with van der Waals surface area (Å²) in [5.41, 5.74) is 3.75. The highest BCUT2D eigenvalue weighted by atomic mass is 16.1. The first-order valence-electron chi connectivity index (χ1n) is 6.16. The Morgan fingerprint density at radius 2 is 1.60 bits per heavy atom. The van der Waals surface area contributed by atoms with E-state index < -0.39 is 0 Å². The number of hydrogen-bond donors (Lipinski definition) is 0. The molecule has 0 aliphatic heterocycles. The van der Waals surface area contributed by atoms with Gasteiger partial charge in [0.15, 0.2) is 6.29 Å². The van der Waals surface area contributed by atoms with Gasteiger partial charge in [0.1, 0.15) is 5.69 Å². The van der Waals surface area contributed by atoms with Gasteiger partial charge in [-0.05, 0) is 24.3 Å². The van der Waals surface area contributed by atoms with Crippen molar-refractivity contribution in [3.05, 3.63) is 66.9 Å². The zero-order chi connectivity index (χ0) is 13.8. The smallest absolute Gasteiger partial charge is 0.169 e. The van der Waals surface area contributed by atoms with Crippen LogP contribution in [0.25, 0.3) is 22.4 Å². The molecule has 0 N–H and O–H groups in total. The lowest BCUT2D eigenvalue weighted by molar-refractivity contribution is 0.111. The third kappa shape index (κ3) is 2.19. The highest BCUT2D eigenvalue weighted by Gasteiger charge is 2.12. The fourth-order valence-corrected chi connectivity index (χ4v) is 2.09. The molecule has 0 aliphatic carbocycles. The van der Waals surface area contributed by atoms with E-state index in [-0.39, 0.29) is 0 Å². The first-order valence-corrected chi connectivity index (χ1v) is 6.16. The molecule has 20 heavy (non-hydrogen) atoms. The van der Waals surface area contributed by atoms with Gasteiger partial charge in [0.25, 0.3) is 0 Å². The highest BCUT2D eigenvalue weighted by molar-refractivity contribution is 5.90. The standard InChI is InChI=1S/C16H11N3O/c20-11-15-13(5-2-8-18-15)14-6-3-9-19-16(14)12-4-1-7-17-10-12/h1-11H. The van der Waals surface area contributed by atoms with Gasteiger partial charge in [0.05, 0.1) is 5.69 Å². The van der Waals surface area contributed by atoms with E-state index >= 15 is 0 Å². The van der Waals surface area contributed by atoms with E-state index in [9.17, 15) is 4.79 Å². The molecule has 4 nitrogen and oxygen atoms in total. The van der Waals surface area contributed by atoms with Crippen molar-refractivity contribution >= 4 is 6.29 Å². The summed E-state index contributed by atoms with van der Waals surface area (Å²) in [4.78, 5) is 23.8. The van der Waals surface area contributed by atoms with Crippen molar-refractivity contribution in [3.63, 3.8) is 0 Å². The summed E-state index contributed by atoms with van der Waals surface area (Å²) in [5.74, 6) is 0. The largest absolute Gasteiger partial charge is 0.296 e. The van der Waals surface area contributed by atoms with Crippen LogP contribution >= 0.6 is 0 Å². The van der Waals surface area contributed by atoms with Gasteiger partial charge in [-0.15, -0.1) is 0 Å². The molecule has 0 aromatic carbocycles. The van der Waals surface area contributed by atoms with Crippen molar-refractivity contribution < 1.29 is 4.79 Å². The number of aldehydes is 1. The third-order valence-electron chi connectivity index (χ3n) is 2.98. The Kier molecular flexibility index (Phi) is 3.29. The average molecular weight is 261 g/mol. The molecule has 3 heterocycles. The zero-order valence-corrected chi connectivity index (χ0v) is 10.6. The second-order valence-electron chi connectivity index (χ2n) is 4.20. The molecule has 96 valence electrons. The van der Waals surface area contributed by atoms with Crippen molar-refractivity contribution in [2.24, 2.45) is 0 Å². The number of hydrogen-bond acceptors (Lipinski definition) is 4. The van der Waals surface area contributed by atoms with Gasteiger partial charge in [0, 0.05) is 41.5 Å². The monoisotopic (exact) mass is 261 g/mol. The molecule has 3 aromatic heterocycles. The third-order valence-corrected chi connectivity index (χ3v) is 2.98. The molecule has 0 fully saturated rings. The molecule has 0 amide bonds. The minimum absolute atomic E-state index is 0.408. The van der Waals surface area contributed by atoms with Crippen molar-refractivity contribution in [1.29, 1.82) is 0 Å². The SMILES string of the molecule is O=Cc1ncccc1-c1cccnc1-c1cccnc1. The molecule has 3 aromatic rings. The molecule has 0 atom stereocenters. The number of nitrogens with zero attached hydrogens (tertiary/aromatic N) is 3. The second kappa shape index (κ2) is 5.40. The van der Waals surface area contributed by atoms with E-state index in [4.69, 9.17) is 0 Å². The molecule has 0 saturated carbocycles. The molecule has 0 bridgehead atoms. The lowest BCUT2D eigenvalue weighted by Crippen LogP contribution is -1.95. The van der Waals surface area contributed by atoms with Crippen molar-refractivity contribution in [2.45, 2.75) is 0 Å². The fraction of sp³-hybridized carbons (Fsp3) is 0. The minimum atomic E-state index is 0.408. The van der Waals surface area contributed by atoms with Gasteiger partial charge < -0.3 is 0 Å². The number of carbonyl (C=O) groups excluding carboxylic acids is 1. The summed E-state index contributed by atoms with van der Waals surface area (Å²) >= 11 is 0. The van der Waals surface area contributed by atoms with Crippen LogP contribution in [0.2, 0.25) is 0 Å². The van der Waals surface area contributed by atoms with Crippen molar-refractivity contribution in [2.75, 3.05) is 0 Å². The molecule has 0 spiro atoms. The molecule has 0 aliphatic rings. The van der Waals surface area contributed by atoms with Crippen LogP contribution in [-0.4, -0.2) is 21.2 Å². The van der Waals surface area contributed by atoms with Gasteiger partial charge in [-0.3, -0.25) is 19.7 Å². The van der Waals surface area contributed by atoms with Gasteiger partial charge in [-0.1, -0.05) is 12.1 Å². The van der Waals surface area contributed by atoms with Gasteiger partial charge in [0.2, 0.25) is 0 Å². The quantitative estimate of drug-likeness (QED) is 0.680. The van der Waals surface area contributed by atoms with Gasteiger partial charge >= 0.3 is 0 Å². The Morgan fingerprint density at radius 1 is 0.850 bits per heavy atom. The van der Waals surface area contributed by atoms with Crippen LogP contribution in [-0.2, 0) is 0 Å². The maximum absolute atomic E-state index is 11.2. The highest BCUT2D eigenvalue weighted by Crippen LogP contribution is 2.30. The number of rotatable bonds is 3. The Labute approximate surface area is 116 Å². The van der Waals surface area contributed by atoms with Gasteiger partial charge in [-0.2, -0.15) is 0 Å². The van der Waals surface area contributed by atoms with E-state index in [1.807, 2.05) is 36.4 Å². The van der Waals surface area contributed by atoms with E-state index in [1.165, 1.54) is 0 Å². The molecular formula is C16H11N3O. The number of aromatic nitrogens is 3. The topological polar surface area (TPSA) is 55.7 Å². The van der Waals surface area contributed by atoms with Crippen LogP contribution < -0.4 is 0 Å². The molecule has 0 unspecified atom stereocenters. The molecule has 3 rings (SSSR count).